The van der Waals surface area contributed by atoms with Crippen LogP contribution in [0.15, 0.2) is 24.3 Å². The van der Waals surface area contributed by atoms with Gasteiger partial charge in [-0.05, 0) is 31.0 Å². The van der Waals surface area contributed by atoms with Crippen LogP contribution in [-0.4, -0.2) is 37.4 Å². The first-order valence-corrected chi connectivity index (χ1v) is 7.98. The molecule has 1 aromatic rings. The molecule has 1 fully saturated rings. The van der Waals surface area contributed by atoms with E-state index in [0.29, 0.717) is 13.1 Å². The van der Waals surface area contributed by atoms with Crippen molar-refractivity contribution in [3.05, 3.63) is 29.8 Å². The Morgan fingerprint density at radius 1 is 1.17 bits per heavy atom. The van der Waals surface area contributed by atoms with Crippen LogP contribution in [0.1, 0.15) is 25.8 Å². The Balaban J connectivity index is 1.93. The summed E-state index contributed by atoms with van der Waals surface area (Å²) in [6, 6.07) is 7.80. The maximum Gasteiger partial charge on any atom is 0.239 e. The molecule has 1 atom stereocenters. The summed E-state index contributed by atoms with van der Waals surface area (Å²) in [6.07, 6.45) is 1.12. The highest BCUT2D eigenvalue weighted by Gasteiger charge is 2.35. The molecule has 1 saturated heterocycles. The summed E-state index contributed by atoms with van der Waals surface area (Å²) in [5.74, 6) is -0.954. The zero-order chi connectivity index (χ0) is 16.8. The number of anilines is 1. The predicted molar refractivity (Wildman–Crippen MR) is 88.0 cm³/mol. The standard InChI is InChI=1S/C17H23N3O3/c1-3-12-5-7-14(8-6-12)20-11-13(9-16(20)22)17(23)19-10-15(21)18-4-2/h5-8,13H,3-4,9-11H2,1-2H3,(H,18,21)(H,19,23)/t13-/m0/s1. The number of rotatable bonds is 6. The third kappa shape index (κ3) is 4.31. The van der Waals surface area contributed by atoms with Crippen LogP contribution in [0.2, 0.25) is 0 Å². The summed E-state index contributed by atoms with van der Waals surface area (Å²) in [5.41, 5.74) is 2.02. The van der Waals surface area contributed by atoms with E-state index in [1.807, 2.05) is 31.2 Å². The lowest BCUT2D eigenvalue weighted by Crippen LogP contribution is -2.40. The van der Waals surface area contributed by atoms with Crippen molar-refractivity contribution in [1.82, 2.24) is 10.6 Å². The largest absolute Gasteiger partial charge is 0.355 e. The average Bonchev–Trinajstić information content (AvgIpc) is 2.95. The SMILES string of the molecule is CCNC(=O)CNC(=O)[C@H]1CC(=O)N(c2ccc(CC)cc2)C1. The summed E-state index contributed by atoms with van der Waals surface area (Å²) in [4.78, 5) is 37.3. The first-order valence-electron chi connectivity index (χ1n) is 7.98. The van der Waals surface area contributed by atoms with Gasteiger partial charge >= 0.3 is 0 Å². The Labute approximate surface area is 136 Å². The van der Waals surface area contributed by atoms with Crippen molar-refractivity contribution in [3.8, 4) is 0 Å². The molecule has 0 saturated carbocycles. The quantitative estimate of drug-likeness (QED) is 0.816. The summed E-state index contributed by atoms with van der Waals surface area (Å²) >= 11 is 0. The van der Waals surface area contributed by atoms with Gasteiger partial charge < -0.3 is 15.5 Å². The molecular formula is C17H23N3O3. The van der Waals surface area contributed by atoms with Crippen LogP contribution in [0.5, 0.6) is 0 Å². The van der Waals surface area contributed by atoms with Gasteiger partial charge in [-0.1, -0.05) is 19.1 Å². The molecular weight excluding hydrogens is 294 g/mol. The van der Waals surface area contributed by atoms with Gasteiger partial charge in [0, 0.05) is 25.2 Å². The van der Waals surface area contributed by atoms with Gasteiger partial charge in [0.25, 0.3) is 0 Å². The lowest BCUT2D eigenvalue weighted by atomic mass is 10.1. The van der Waals surface area contributed by atoms with Gasteiger partial charge in [0.15, 0.2) is 0 Å². The lowest BCUT2D eigenvalue weighted by Gasteiger charge is -2.17. The molecule has 3 amide bonds. The molecule has 0 aliphatic carbocycles. The fourth-order valence-corrected chi connectivity index (χ4v) is 2.62. The molecule has 1 aliphatic rings. The van der Waals surface area contributed by atoms with Crippen LogP contribution < -0.4 is 15.5 Å². The maximum absolute atomic E-state index is 12.2. The third-order valence-corrected chi connectivity index (χ3v) is 3.95. The number of benzene rings is 1. The molecule has 124 valence electrons. The van der Waals surface area contributed by atoms with Crippen LogP contribution in [0.4, 0.5) is 5.69 Å². The zero-order valence-corrected chi connectivity index (χ0v) is 13.6. The van der Waals surface area contributed by atoms with E-state index in [-0.39, 0.29) is 30.7 Å². The van der Waals surface area contributed by atoms with Crippen LogP contribution in [0.3, 0.4) is 0 Å². The van der Waals surface area contributed by atoms with Crippen LogP contribution in [0, 0.1) is 5.92 Å². The number of carbonyl (C=O) groups excluding carboxylic acids is 3. The van der Waals surface area contributed by atoms with Crippen molar-refractivity contribution in [2.45, 2.75) is 26.7 Å². The summed E-state index contributed by atoms with van der Waals surface area (Å²) in [5, 5.41) is 5.20. The number of amides is 3. The van der Waals surface area contributed by atoms with E-state index in [1.165, 1.54) is 5.56 Å². The van der Waals surface area contributed by atoms with Crippen molar-refractivity contribution in [1.29, 1.82) is 0 Å². The highest BCUT2D eigenvalue weighted by atomic mass is 16.2. The Bertz CT molecular complexity index is 583. The van der Waals surface area contributed by atoms with Crippen molar-refractivity contribution < 1.29 is 14.4 Å². The smallest absolute Gasteiger partial charge is 0.239 e. The first kappa shape index (κ1) is 17.0. The molecule has 2 rings (SSSR count). The van der Waals surface area contributed by atoms with Gasteiger partial charge in [0.05, 0.1) is 12.5 Å². The number of carbonyl (C=O) groups is 3. The van der Waals surface area contributed by atoms with Gasteiger partial charge in [0.2, 0.25) is 17.7 Å². The minimum absolute atomic E-state index is 0.0530. The van der Waals surface area contributed by atoms with Gasteiger partial charge in [-0.2, -0.15) is 0 Å². The minimum Gasteiger partial charge on any atom is -0.355 e. The van der Waals surface area contributed by atoms with Crippen LogP contribution in [0.25, 0.3) is 0 Å². The number of hydrogen-bond acceptors (Lipinski definition) is 3. The number of nitrogens with zero attached hydrogens (tertiary/aromatic N) is 1. The fourth-order valence-electron chi connectivity index (χ4n) is 2.62. The molecule has 1 aliphatic heterocycles. The van der Waals surface area contributed by atoms with Gasteiger partial charge in [-0.15, -0.1) is 0 Å². The van der Waals surface area contributed by atoms with Gasteiger partial charge in [-0.3, -0.25) is 14.4 Å². The second-order valence-electron chi connectivity index (χ2n) is 5.60. The van der Waals surface area contributed by atoms with Crippen LogP contribution >= 0.6 is 0 Å². The number of likely N-dealkylation sites (N-methyl/N-ethyl adjacent to an activating group) is 1. The third-order valence-electron chi connectivity index (χ3n) is 3.95. The average molecular weight is 317 g/mol. The molecule has 0 spiro atoms. The van der Waals surface area contributed by atoms with Crippen molar-refractivity contribution in [2.24, 2.45) is 5.92 Å². The summed E-state index contributed by atoms with van der Waals surface area (Å²) in [7, 11) is 0. The molecule has 6 nitrogen and oxygen atoms in total. The summed E-state index contributed by atoms with van der Waals surface area (Å²) in [6.45, 7) is 4.72. The molecule has 0 unspecified atom stereocenters. The highest BCUT2D eigenvalue weighted by Crippen LogP contribution is 2.25. The highest BCUT2D eigenvalue weighted by molar-refractivity contribution is 6.00. The second kappa shape index (κ2) is 7.76. The molecule has 0 radical (unpaired) electrons. The fraction of sp³-hybridized carbons (Fsp3) is 0.471. The lowest BCUT2D eigenvalue weighted by molar-refractivity contribution is -0.128. The first-order chi connectivity index (χ1) is 11.0. The van der Waals surface area contributed by atoms with E-state index >= 15 is 0 Å². The van der Waals surface area contributed by atoms with Crippen molar-refractivity contribution in [2.75, 3.05) is 24.5 Å². The monoisotopic (exact) mass is 317 g/mol. The molecule has 1 heterocycles. The predicted octanol–water partition coefficient (Wildman–Crippen LogP) is 0.854. The zero-order valence-electron chi connectivity index (χ0n) is 13.6. The van der Waals surface area contributed by atoms with E-state index in [9.17, 15) is 14.4 Å². The Kier molecular flexibility index (Phi) is 5.73. The van der Waals surface area contributed by atoms with Crippen LogP contribution in [-0.2, 0) is 20.8 Å². The topological polar surface area (TPSA) is 78.5 Å². The maximum atomic E-state index is 12.2. The van der Waals surface area contributed by atoms with E-state index in [2.05, 4.69) is 17.6 Å². The van der Waals surface area contributed by atoms with Crippen molar-refractivity contribution in [3.63, 3.8) is 0 Å². The van der Waals surface area contributed by atoms with E-state index in [4.69, 9.17) is 0 Å². The molecule has 2 N–H and O–H groups in total. The van der Waals surface area contributed by atoms with Gasteiger partial charge in [0.1, 0.15) is 0 Å². The Hall–Kier alpha value is -2.37. The van der Waals surface area contributed by atoms with E-state index in [1.54, 1.807) is 4.90 Å². The summed E-state index contributed by atoms with van der Waals surface area (Å²) < 4.78 is 0. The minimum atomic E-state index is -0.414. The molecule has 0 bridgehead atoms. The van der Waals surface area contributed by atoms with Crippen molar-refractivity contribution >= 4 is 23.4 Å². The molecule has 0 aromatic heterocycles. The molecule has 6 heteroatoms. The molecule has 1 aromatic carbocycles. The van der Waals surface area contributed by atoms with E-state index < -0.39 is 5.92 Å². The molecule has 23 heavy (non-hydrogen) atoms. The number of hydrogen-bond donors (Lipinski definition) is 2. The Morgan fingerprint density at radius 3 is 2.48 bits per heavy atom. The number of nitrogens with one attached hydrogen (secondary N) is 2. The second-order valence-corrected chi connectivity index (χ2v) is 5.60. The van der Waals surface area contributed by atoms with E-state index in [0.717, 1.165) is 12.1 Å². The normalized spacial score (nSPS) is 17.2. The Morgan fingerprint density at radius 2 is 1.87 bits per heavy atom. The number of aryl methyl sites for hydroxylation is 1. The van der Waals surface area contributed by atoms with Gasteiger partial charge in [-0.25, -0.2) is 0 Å².